The molecule has 0 amide bonds. The summed E-state index contributed by atoms with van der Waals surface area (Å²) in [6, 6.07) is 18.3. The van der Waals surface area contributed by atoms with Crippen LogP contribution in [-0.4, -0.2) is 65.7 Å². The van der Waals surface area contributed by atoms with E-state index in [4.69, 9.17) is 4.98 Å². The average molecular weight is 597 g/mol. The Bertz CT molecular complexity index is 1650. The Morgan fingerprint density at radius 3 is 2.41 bits per heavy atom. The largest absolute Gasteiger partial charge is 0.480 e. The number of nitriles is 1. The van der Waals surface area contributed by atoms with E-state index in [-0.39, 0.29) is 12.0 Å². The summed E-state index contributed by atoms with van der Waals surface area (Å²) in [5.41, 5.74) is 2.38. The predicted octanol–water partition coefficient (Wildman–Crippen LogP) is 5.85. The minimum atomic E-state index is -1.10. The van der Waals surface area contributed by atoms with E-state index < -0.39 is 23.6 Å². The molecule has 1 atom stereocenters. The molecule has 4 aromatic rings. The number of piperidine rings is 1. The van der Waals surface area contributed by atoms with Crippen LogP contribution in [-0.2, 0) is 11.2 Å². The van der Waals surface area contributed by atoms with Crippen molar-refractivity contribution in [2.75, 3.05) is 43.9 Å². The topological polar surface area (TPSA) is 105 Å². The van der Waals surface area contributed by atoms with Crippen molar-refractivity contribution in [2.45, 2.75) is 25.3 Å². The summed E-state index contributed by atoms with van der Waals surface area (Å²) in [7, 11) is 4.05. The molecule has 0 radical (unpaired) electrons. The van der Waals surface area contributed by atoms with Crippen LogP contribution in [0.1, 0.15) is 24.0 Å². The van der Waals surface area contributed by atoms with Crippen LogP contribution in [0.15, 0.2) is 72.9 Å². The van der Waals surface area contributed by atoms with E-state index in [0.717, 1.165) is 32.5 Å². The maximum Gasteiger partial charge on any atom is 0.326 e. The highest BCUT2D eigenvalue weighted by molar-refractivity contribution is 5.84. The third-order valence-electron chi connectivity index (χ3n) is 8.08. The zero-order valence-corrected chi connectivity index (χ0v) is 24.7. The highest BCUT2D eigenvalue weighted by Gasteiger charge is 2.24. The van der Waals surface area contributed by atoms with Gasteiger partial charge in [-0.15, -0.1) is 0 Å². The lowest BCUT2D eigenvalue weighted by molar-refractivity contribution is -0.137. The fraction of sp³-hybridized carbons (Fsp3) is 0.294. The molecule has 0 bridgehead atoms. The van der Waals surface area contributed by atoms with Crippen molar-refractivity contribution >= 4 is 17.7 Å². The van der Waals surface area contributed by atoms with E-state index in [2.05, 4.69) is 28.3 Å². The number of anilines is 2. The van der Waals surface area contributed by atoms with Gasteiger partial charge in [0, 0.05) is 37.3 Å². The molecule has 1 saturated heterocycles. The van der Waals surface area contributed by atoms with Gasteiger partial charge >= 0.3 is 5.97 Å². The number of carboxylic acid groups (broad SMARTS) is 1. The lowest BCUT2D eigenvalue weighted by atomic mass is 9.97. The number of aromatic nitrogens is 2. The molecule has 0 spiro atoms. The van der Waals surface area contributed by atoms with Gasteiger partial charge in [0.25, 0.3) is 0 Å². The first-order valence-corrected chi connectivity index (χ1v) is 14.5. The molecule has 1 fully saturated rings. The zero-order valence-electron chi connectivity index (χ0n) is 24.7. The molecule has 0 saturated carbocycles. The summed E-state index contributed by atoms with van der Waals surface area (Å²) in [5.74, 6) is -1.21. The summed E-state index contributed by atoms with van der Waals surface area (Å²) in [4.78, 5) is 26.2. The first-order chi connectivity index (χ1) is 21.2. The lowest BCUT2D eigenvalue weighted by Gasteiger charge is -2.31. The monoisotopic (exact) mass is 596 g/mol. The summed E-state index contributed by atoms with van der Waals surface area (Å²) < 4.78 is 28.6. The van der Waals surface area contributed by atoms with Crippen molar-refractivity contribution in [2.24, 2.45) is 5.92 Å². The van der Waals surface area contributed by atoms with Crippen LogP contribution in [0.2, 0.25) is 0 Å². The molecular formula is C34H34F2N6O2. The number of benzene rings is 3. The second kappa shape index (κ2) is 13.6. The van der Waals surface area contributed by atoms with Crippen LogP contribution in [0, 0.1) is 28.9 Å². The van der Waals surface area contributed by atoms with Gasteiger partial charge in [0.05, 0.1) is 17.2 Å². The third-order valence-corrected chi connectivity index (χ3v) is 8.08. The fourth-order valence-corrected chi connectivity index (χ4v) is 5.57. The van der Waals surface area contributed by atoms with Gasteiger partial charge in [-0.25, -0.2) is 18.6 Å². The molecule has 1 aliphatic heterocycles. The van der Waals surface area contributed by atoms with E-state index in [1.807, 2.05) is 11.9 Å². The number of rotatable bonds is 10. The molecule has 0 aliphatic carbocycles. The number of nitrogens with one attached hydrogen (secondary N) is 1. The smallest absolute Gasteiger partial charge is 0.326 e. The Morgan fingerprint density at radius 2 is 1.75 bits per heavy atom. The Kier molecular flexibility index (Phi) is 9.46. The van der Waals surface area contributed by atoms with Crippen LogP contribution in [0.3, 0.4) is 0 Å². The molecule has 0 unspecified atom stereocenters. The molecule has 1 aromatic heterocycles. The molecular weight excluding hydrogens is 562 g/mol. The van der Waals surface area contributed by atoms with Crippen LogP contribution < -0.4 is 10.2 Å². The highest BCUT2D eigenvalue weighted by atomic mass is 19.1. The standard InChI is InChI=1S/C34H34F2N6O2/c1-41-16-14-23(15-17-41)21-42(2)34-38-20-27(26-7-4-3-6-25(26)19-37)32(40-34)39-30(33(43)44)18-22-10-12-24(13-11-22)31-28(35)8-5-9-29(31)36/h3-13,20,23,30H,14-18,21H2,1-2H3,(H,43,44)(H,38,39,40)/t30-/m0/s1. The quantitative estimate of drug-likeness (QED) is 0.235. The van der Waals surface area contributed by atoms with Crippen molar-refractivity contribution in [1.29, 1.82) is 5.26 Å². The molecule has 2 heterocycles. The Hall–Kier alpha value is -4.88. The Morgan fingerprint density at radius 1 is 1.07 bits per heavy atom. The second-order valence-electron chi connectivity index (χ2n) is 11.2. The first-order valence-electron chi connectivity index (χ1n) is 14.5. The highest BCUT2D eigenvalue weighted by Crippen LogP contribution is 2.32. The molecule has 2 N–H and O–H groups in total. The first kappa shape index (κ1) is 30.6. The van der Waals surface area contributed by atoms with Gasteiger partial charge in [-0.3, -0.25) is 0 Å². The minimum Gasteiger partial charge on any atom is -0.480 e. The molecule has 226 valence electrons. The summed E-state index contributed by atoms with van der Waals surface area (Å²) in [6.45, 7) is 2.83. The Balaban J connectivity index is 1.43. The van der Waals surface area contributed by atoms with Crippen molar-refractivity contribution in [3.8, 4) is 28.3 Å². The predicted molar refractivity (Wildman–Crippen MR) is 166 cm³/mol. The van der Waals surface area contributed by atoms with E-state index in [1.54, 1.807) is 54.7 Å². The van der Waals surface area contributed by atoms with Gasteiger partial charge in [0.15, 0.2) is 0 Å². The number of likely N-dealkylation sites (tertiary alicyclic amines) is 1. The van der Waals surface area contributed by atoms with Crippen LogP contribution in [0.25, 0.3) is 22.3 Å². The number of hydrogen-bond donors (Lipinski definition) is 2. The van der Waals surface area contributed by atoms with E-state index in [1.165, 1.54) is 18.2 Å². The second-order valence-corrected chi connectivity index (χ2v) is 11.2. The summed E-state index contributed by atoms with van der Waals surface area (Å²) in [6.07, 6.45) is 3.84. The normalized spacial score (nSPS) is 14.5. The number of nitrogens with zero attached hydrogens (tertiary/aromatic N) is 5. The zero-order chi connectivity index (χ0) is 31.2. The average Bonchev–Trinajstić information content (AvgIpc) is 3.02. The number of aliphatic carboxylic acids is 1. The maximum absolute atomic E-state index is 14.3. The lowest BCUT2D eigenvalue weighted by Crippen LogP contribution is -2.36. The third kappa shape index (κ3) is 7.01. The van der Waals surface area contributed by atoms with Gasteiger partial charge in [-0.05, 0) is 68.2 Å². The number of hydrogen-bond acceptors (Lipinski definition) is 7. The number of carboxylic acids is 1. The molecule has 5 rings (SSSR count). The van der Waals surface area contributed by atoms with Crippen LogP contribution >= 0.6 is 0 Å². The van der Waals surface area contributed by atoms with Crippen molar-refractivity contribution in [3.05, 3.63) is 95.7 Å². The van der Waals surface area contributed by atoms with Crippen LogP contribution in [0.5, 0.6) is 0 Å². The summed E-state index contributed by atoms with van der Waals surface area (Å²) >= 11 is 0. The SMILES string of the molecule is CN1CCC(CN(C)c2ncc(-c3ccccc3C#N)c(N[C@@H](Cc3ccc(-c4c(F)cccc4F)cc3)C(=O)O)n2)CC1. The molecule has 44 heavy (non-hydrogen) atoms. The maximum atomic E-state index is 14.3. The molecule has 1 aliphatic rings. The van der Waals surface area contributed by atoms with Gasteiger partial charge in [-0.1, -0.05) is 48.5 Å². The molecule has 3 aromatic carbocycles. The van der Waals surface area contributed by atoms with Gasteiger partial charge < -0.3 is 20.2 Å². The van der Waals surface area contributed by atoms with E-state index >= 15 is 0 Å². The summed E-state index contributed by atoms with van der Waals surface area (Å²) in [5, 5.41) is 23.1. The van der Waals surface area contributed by atoms with Crippen LogP contribution in [0.4, 0.5) is 20.5 Å². The molecule has 8 nitrogen and oxygen atoms in total. The Labute approximate surface area is 255 Å². The van der Waals surface area contributed by atoms with Crippen molar-refractivity contribution in [3.63, 3.8) is 0 Å². The van der Waals surface area contributed by atoms with Crippen molar-refractivity contribution < 1.29 is 18.7 Å². The molecule has 10 heteroatoms. The van der Waals surface area contributed by atoms with Gasteiger partial charge in [-0.2, -0.15) is 10.2 Å². The van der Waals surface area contributed by atoms with E-state index in [0.29, 0.717) is 45.5 Å². The van der Waals surface area contributed by atoms with Crippen molar-refractivity contribution in [1.82, 2.24) is 14.9 Å². The minimum absolute atomic E-state index is 0.0689. The van der Waals surface area contributed by atoms with Gasteiger partial charge in [0.2, 0.25) is 5.95 Å². The van der Waals surface area contributed by atoms with Gasteiger partial charge in [0.1, 0.15) is 23.5 Å². The number of carbonyl (C=O) groups is 1. The van der Waals surface area contributed by atoms with E-state index in [9.17, 15) is 23.9 Å². The number of halogens is 2. The fourth-order valence-electron chi connectivity index (χ4n) is 5.57.